The van der Waals surface area contributed by atoms with Crippen LogP contribution in [0.4, 0.5) is 0 Å². The fraction of sp³-hybridized carbons (Fsp3) is 0.391. The second kappa shape index (κ2) is 10.8. The lowest BCUT2D eigenvalue weighted by atomic mass is 10.1. The van der Waals surface area contributed by atoms with E-state index in [1.807, 2.05) is 12.1 Å². The summed E-state index contributed by atoms with van der Waals surface area (Å²) in [4.78, 5) is 26.6. The molecule has 2 aromatic carbocycles. The van der Waals surface area contributed by atoms with Crippen LogP contribution in [0.1, 0.15) is 31.4 Å². The smallest absolute Gasteiger partial charge is 0.254 e. The molecule has 0 radical (unpaired) electrons. The number of piperidine rings is 1. The average Bonchev–Trinajstić information content (AvgIpc) is 2.83. The highest BCUT2D eigenvalue weighted by atomic mass is 79.9. The molecule has 3 rings (SSSR count). The van der Waals surface area contributed by atoms with Gasteiger partial charge in [-0.25, -0.2) is 8.42 Å². The summed E-state index contributed by atoms with van der Waals surface area (Å²) in [6.07, 6.45) is -3.47. The SMILES string of the molecule is C[C@H](NC(=O)[C@H](O)[C@@H](O)C(=O)N1CCC(S(=O)(=O)c2ccccc2)CC1)c1ccc(Br)cc1. The van der Waals surface area contributed by atoms with Gasteiger partial charge in [0.1, 0.15) is 0 Å². The maximum Gasteiger partial charge on any atom is 0.254 e. The number of aliphatic hydroxyl groups excluding tert-OH is 2. The Kier molecular flexibility index (Phi) is 8.28. The number of halogens is 1. The van der Waals surface area contributed by atoms with Gasteiger partial charge in [0, 0.05) is 17.6 Å². The monoisotopic (exact) mass is 538 g/mol. The van der Waals surface area contributed by atoms with Crippen LogP contribution in [0.5, 0.6) is 0 Å². The molecule has 0 aliphatic carbocycles. The van der Waals surface area contributed by atoms with E-state index >= 15 is 0 Å². The number of rotatable bonds is 7. The highest BCUT2D eigenvalue weighted by Gasteiger charge is 2.38. The third-order valence-corrected chi connectivity index (χ3v) is 8.62. The van der Waals surface area contributed by atoms with E-state index in [-0.39, 0.29) is 30.8 Å². The molecule has 178 valence electrons. The lowest BCUT2D eigenvalue weighted by molar-refractivity contribution is -0.154. The minimum Gasteiger partial charge on any atom is -0.380 e. The van der Waals surface area contributed by atoms with Crippen molar-refractivity contribution in [1.82, 2.24) is 10.2 Å². The number of likely N-dealkylation sites (tertiary alicyclic amines) is 1. The molecule has 10 heteroatoms. The maximum absolute atomic E-state index is 12.8. The number of carbonyl (C=O) groups is 2. The van der Waals surface area contributed by atoms with E-state index in [4.69, 9.17) is 0 Å². The molecule has 1 fully saturated rings. The Hall–Kier alpha value is -2.27. The van der Waals surface area contributed by atoms with Gasteiger partial charge >= 0.3 is 0 Å². The van der Waals surface area contributed by atoms with Gasteiger partial charge in [-0.3, -0.25) is 9.59 Å². The number of nitrogens with zero attached hydrogens (tertiary/aromatic N) is 1. The summed E-state index contributed by atoms with van der Waals surface area (Å²) in [5.74, 6) is -1.67. The minimum atomic E-state index is -3.52. The van der Waals surface area contributed by atoms with Crippen molar-refractivity contribution in [3.63, 3.8) is 0 Å². The highest BCUT2D eigenvalue weighted by Crippen LogP contribution is 2.25. The number of amides is 2. The molecule has 0 unspecified atom stereocenters. The Bertz CT molecular complexity index is 1070. The summed E-state index contributed by atoms with van der Waals surface area (Å²) >= 11 is 3.33. The van der Waals surface area contributed by atoms with Crippen LogP contribution in [0, 0.1) is 0 Å². The number of nitrogens with one attached hydrogen (secondary N) is 1. The first-order valence-corrected chi connectivity index (χ1v) is 12.9. The fourth-order valence-corrected chi connectivity index (χ4v) is 5.81. The molecule has 33 heavy (non-hydrogen) atoms. The van der Waals surface area contributed by atoms with Gasteiger partial charge in [-0.2, -0.15) is 0 Å². The van der Waals surface area contributed by atoms with Gasteiger partial charge in [0.2, 0.25) is 0 Å². The zero-order valence-corrected chi connectivity index (χ0v) is 20.5. The average molecular weight is 539 g/mol. The largest absolute Gasteiger partial charge is 0.380 e. The van der Waals surface area contributed by atoms with Crippen LogP contribution in [-0.2, 0) is 19.4 Å². The van der Waals surface area contributed by atoms with Crippen LogP contribution >= 0.6 is 15.9 Å². The molecular weight excluding hydrogens is 512 g/mol. The van der Waals surface area contributed by atoms with Gasteiger partial charge < -0.3 is 20.4 Å². The van der Waals surface area contributed by atoms with Crippen molar-refractivity contribution in [3.8, 4) is 0 Å². The van der Waals surface area contributed by atoms with Gasteiger partial charge in [-0.05, 0) is 49.6 Å². The van der Waals surface area contributed by atoms with E-state index in [9.17, 15) is 28.2 Å². The van der Waals surface area contributed by atoms with Crippen molar-refractivity contribution in [2.24, 2.45) is 0 Å². The molecule has 3 N–H and O–H groups in total. The zero-order valence-electron chi connectivity index (χ0n) is 18.1. The first kappa shape index (κ1) is 25.4. The van der Waals surface area contributed by atoms with Crippen molar-refractivity contribution in [2.75, 3.05) is 13.1 Å². The Morgan fingerprint density at radius 1 is 1.00 bits per heavy atom. The van der Waals surface area contributed by atoms with E-state index in [1.165, 1.54) is 4.90 Å². The molecular formula is C23H27BrN2O6S. The summed E-state index contributed by atoms with van der Waals surface area (Å²) in [5.41, 5.74) is 0.793. The van der Waals surface area contributed by atoms with E-state index < -0.39 is 45.2 Å². The minimum absolute atomic E-state index is 0.107. The van der Waals surface area contributed by atoms with Crippen LogP contribution in [-0.4, -0.2) is 65.9 Å². The molecule has 0 saturated carbocycles. The van der Waals surface area contributed by atoms with Crippen molar-refractivity contribution >= 4 is 37.6 Å². The molecule has 2 amide bonds. The van der Waals surface area contributed by atoms with Crippen LogP contribution in [0.2, 0.25) is 0 Å². The molecule has 1 saturated heterocycles. The topological polar surface area (TPSA) is 124 Å². The van der Waals surface area contributed by atoms with E-state index in [1.54, 1.807) is 49.4 Å². The molecule has 0 bridgehead atoms. The van der Waals surface area contributed by atoms with Gasteiger partial charge in [-0.15, -0.1) is 0 Å². The molecule has 0 aromatic heterocycles. The number of hydrogen-bond donors (Lipinski definition) is 3. The summed E-state index contributed by atoms with van der Waals surface area (Å²) in [6.45, 7) is 1.94. The summed E-state index contributed by atoms with van der Waals surface area (Å²) in [7, 11) is -3.52. The molecule has 0 spiro atoms. The number of carbonyl (C=O) groups excluding carboxylic acids is 2. The van der Waals surface area contributed by atoms with Gasteiger partial charge in [0.25, 0.3) is 11.8 Å². The molecule has 8 nitrogen and oxygen atoms in total. The standard InChI is InChI=1S/C23H27BrN2O6S/c1-15(16-7-9-17(24)10-8-16)25-22(29)20(27)21(28)23(30)26-13-11-19(12-14-26)33(31,32)18-5-3-2-4-6-18/h2-10,15,19-21,27-28H,11-14H2,1H3,(H,25,29)/t15-,20+,21+/m0/s1. The second-order valence-electron chi connectivity index (χ2n) is 8.05. The third kappa shape index (κ3) is 6.00. The summed E-state index contributed by atoms with van der Waals surface area (Å²) in [5, 5.41) is 22.5. The van der Waals surface area contributed by atoms with Crippen molar-refractivity contribution in [2.45, 2.75) is 48.2 Å². The molecule has 1 aliphatic heterocycles. The summed E-state index contributed by atoms with van der Waals surface area (Å²) in [6, 6.07) is 14.9. The third-order valence-electron chi connectivity index (χ3n) is 5.81. The Morgan fingerprint density at radius 2 is 1.58 bits per heavy atom. The van der Waals surface area contributed by atoms with Crippen LogP contribution < -0.4 is 5.32 Å². The molecule has 2 aromatic rings. The molecule has 3 atom stereocenters. The lowest BCUT2D eigenvalue weighted by Crippen LogP contribution is -2.53. The molecule has 1 aliphatic rings. The van der Waals surface area contributed by atoms with Gasteiger partial charge in [-0.1, -0.05) is 46.3 Å². The quantitative estimate of drug-likeness (QED) is 0.493. The van der Waals surface area contributed by atoms with E-state index in [0.29, 0.717) is 0 Å². The normalized spacial score (nSPS) is 17.8. The molecule has 1 heterocycles. The van der Waals surface area contributed by atoms with E-state index in [2.05, 4.69) is 21.2 Å². The van der Waals surface area contributed by atoms with Crippen LogP contribution in [0.3, 0.4) is 0 Å². The Labute approximate surface area is 201 Å². The number of hydrogen-bond acceptors (Lipinski definition) is 6. The number of benzene rings is 2. The van der Waals surface area contributed by atoms with Crippen molar-refractivity contribution < 1.29 is 28.2 Å². The zero-order chi connectivity index (χ0) is 24.2. The Morgan fingerprint density at radius 3 is 2.15 bits per heavy atom. The number of sulfone groups is 1. The Balaban J connectivity index is 1.55. The van der Waals surface area contributed by atoms with Crippen LogP contribution in [0.15, 0.2) is 64.0 Å². The fourth-order valence-electron chi connectivity index (χ4n) is 3.79. The van der Waals surface area contributed by atoms with Gasteiger partial charge in [0.15, 0.2) is 22.0 Å². The first-order chi connectivity index (χ1) is 15.6. The predicted molar refractivity (Wildman–Crippen MR) is 126 cm³/mol. The maximum atomic E-state index is 12.8. The van der Waals surface area contributed by atoms with E-state index in [0.717, 1.165) is 10.0 Å². The number of aliphatic hydroxyl groups is 2. The van der Waals surface area contributed by atoms with Gasteiger partial charge in [0.05, 0.1) is 16.2 Å². The lowest BCUT2D eigenvalue weighted by Gasteiger charge is -2.33. The second-order valence-corrected chi connectivity index (χ2v) is 11.2. The summed E-state index contributed by atoms with van der Waals surface area (Å²) < 4.78 is 26.5. The predicted octanol–water partition coefficient (Wildman–Crippen LogP) is 1.81. The van der Waals surface area contributed by atoms with Crippen molar-refractivity contribution in [3.05, 3.63) is 64.6 Å². The van der Waals surface area contributed by atoms with Crippen LogP contribution in [0.25, 0.3) is 0 Å². The van der Waals surface area contributed by atoms with Crippen molar-refractivity contribution in [1.29, 1.82) is 0 Å². The first-order valence-electron chi connectivity index (χ1n) is 10.6. The highest BCUT2D eigenvalue weighted by molar-refractivity contribution is 9.10.